The normalized spacial score (nSPS) is 12.5. The van der Waals surface area contributed by atoms with Gasteiger partial charge in [0.25, 0.3) is 5.91 Å². The van der Waals surface area contributed by atoms with E-state index in [9.17, 15) is 13.2 Å². The van der Waals surface area contributed by atoms with Crippen LogP contribution in [0.2, 0.25) is 0 Å². The number of aromatic nitrogens is 3. The minimum atomic E-state index is -3.97. The lowest BCUT2D eigenvalue weighted by Crippen LogP contribution is -2.32. The Hall–Kier alpha value is -3.24. The van der Waals surface area contributed by atoms with Crippen LogP contribution in [0.25, 0.3) is 0 Å². The minimum Gasteiger partial charge on any atom is -0.496 e. The molecule has 0 fully saturated rings. The zero-order valence-corrected chi connectivity index (χ0v) is 15.8. The number of carbonyl (C=O) groups excluding carboxylic acids is 1. The van der Waals surface area contributed by atoms with Crippen LogP contribution in [0.3, 0.4) is 0 Å². The molecule has 1 amide bonds. The topological polar surface area (TPSA) is 129 Å². The second kappa shape index (κ2) is 8.19. The van der Waals surface area contributed by atoms with E-state index in [0.29, 0.717) is 0 Å². The van der Waals surface area contributed by atoms with Crippen molar-refractivity contribution in [2.45, 2.75) is 17.5 Å². The fourth-order valence-electron chi connectivity index (χ4n) is 2.70. The van der Waals surface area contributed by atoms with Gasteiger partial charge in [0.05, 0.1) is 42.5 Å². The smallest absolute Gasteiger partial charge is 0.252 e. The fourth-order valence-corrected chi connectivity index (χ4v) is 3.94. The summed E-state index contributed by atoms with van der Waals surface area (Å²) >= 11 is 0. The monoisotopic (exact) mass is 401 g/mol. The Bertz CT molecular complexity index is 1050. The zero-order chi connectivity index (χ0) is 20.1. The number of nitrogens with one attached hydrogen (secondary N) is 1. The van der Waals surface area contributed by atoms with Gasteiger partial charge >= 0.3 is 0 Å². The van der Waals surface area contributed by atoms with Gasteiger partial charge < -0.3 is 10.5 Å². The highest BCUT2D eigenvalue weighted by molar-refractivity contribution is 7.89. The number of hydrogen-bond donors (Lipinski definition) is 2. The van der Waals surface area contributed by atoms with E-state index in [0.717, 1.165) is 5.56 Å². The van der Waals surface area contributed by atoms with Crippen molar-refractivity contribution < 1.29 is 17.9 Å². The van der Waals surface area contributed by atoms with E-state index in [1.54, 1.807) is 12.1 Å². The Morgan fingerprint density at radius 2 is 1.86 bits per heavy atom. The lowest BCUT2D eigenvalue weighted by molar-refractivity contribution is 0.0997. The molecule has 2 aromatic carbocycles. The van der Waals surface area contributed by atoms with Crippen molar-refractivity contribution in [1.82, 2.24) is 19.7 Å². The number of sulfonamides is 1. The third-order valence-electron chi connectivity index (χ3n) is 4.06. The fraction of sp³-hybridized carbons (Fsp3) is 0.167. The molecule has 1 atom stereocenters. The molecule has 0 aliphatic heterocycles. The van der Waals surface area contributed by atoms with E-state index >= 15 is 0 Å². The molecule has 1 aromatic heterocycles. The van der Waals surface area contributed by atoms with Gasteiger partial charge in [-0.3, -0.25) is 4.79 Å². The van der Waals surface area contributed by atoms with Crippen LogP contribution in [-0.4, -0.2) is 36.4 Å². The van der Waals surface area contributed by atoms with E-state index in [1.165, 1.54) is 42.5 Å². The number of amides is 1. The van der Waals surface area contributed by atoms with Crippen LogP contribution < -0.4 is 15.2 Å². The summed E-state index contributed by atoms with van der Waals surface area (Å²) in [7, 11) is -2.60. The van der Waals surface area contributed by atoms with Gasteiger partial charge in [0, 0.05) is 0 Å². The van der Waals surface area contributed by atoms with Crippen LogP contribution in [0, 0.1) is 0 Å². The molecule has 0 saturated heterocycles. The number of methoxy groups -OCH3 is 1. The van der Waals surface area contributed by atoms with Gasteiger partial charge in [0.1, 0.15) is 5.75 Å². The average molecular weight is 401 g/mol. The Labute approximate surface area is 162 Å². The molecule has 3 N–H and O–H groups in total. The molecular weight excluding hydrogens is 382 g/mol. The van der Waals surface area contributed by atoms with E-state index in [4.69, 9.17) is 10.5 Å². The lowest BCUT2D eigenvalue weighted by Gasteiger charge is -2.19. The molecule has 0 radical (unpaired) electrons. The Morgan fingerprint density at radius 3 is 2.46 bits per heavy atom. The van der Waals surface area contributed by atoms with Crippen molar-refractivity contribution >= 4 is 15.9 Å². The summed E-state index contributed by atoms with van der Waals surface area (Å²) < 4.78 is 33.6. The van der Waals surface area contributed by atoms with Crippen molar-refractivity contribution in [3.63, 3.8) is 0 Å². The maximum absolute atomic E-state index is 13.0. The first-order chi connectivity index (χ1) is 13.4. The molecule has 0 spiro atoms. The third kappa shape index (κ3) is 4.35. The molecule has 146 valence electrons. The number of nitrogens with two attached hydrogens (primary N) is 1. The number of primary amides is 1. The number of ether oxygens (including phenoxy) is 1. The molecule has 0 bridgehead atoms. The predicted octanol–water partition coefficient (Wildman–Crippen LogP) is 1.11. The minimum absolute atomic E-state index is 0.0182. The standard InChI is InChI=1S/C18H19N5O4S/c1-27-17-8-7-14(11-15(17)18(19)24)28(25,26)22-16(12-23-20-9-10-21-23)13-5-3-2-4-6-13/h2-11,16,22H,12H2,1H3,(H2,19,24). The summed E-state index contributed by atoms with van der Waals surface area (Å²) in [4.78, 5) is 12.9. The SMILES string of the molecule is COc1ccc(S(=O)(=O)NC(Cn2nccn2)c2ccccc2)cc1C(N)=O. The molecule has 10 heteroatoms. The molecule has 1 heterocycles. The molecule has 28 heavy (non-hydrogen) atoms. The molecule has 0 aliphatic rings. The summed E-state index contributed by atoms with van der Waals surface area (Å²) in [6.45, 7) is 0.190. The van der Waals surface area contributed by atoms with Gasteiger partial charge in [0.2, 0.25) is 10.0 Å². The summed E-state index contributed by atoms with van der Waals surface area (Å²) in [5.41, 5.74) is 6.06. The summed E-state index contributed by atoms with van der Waals surface area (Å²) in [5, 5.41) is 8.07. The van der Waals surface area contributed by atoms with Gasteiger partial charge in [-0.05, 0) is 23.8 Å². The van der Waals surface area contributed by atoms with Crippen molar-refractivity contribution in [2.24, 2.45) is 5.73 Å². The first-order valence-electron chi connectivity index (χ1n) is 8.30. The van der Waals surface area contributed by atoms with E-state index in [-0.39, 0.29) is 22.8 Å². The molecule has 0 saturated carbocycles. The van der Waals surface area contributed by atoms with Gasteiger partial charge in [-0.15, -0.1) is 0 Å². The first kappa shape index (κ1) is 19.5. The molecule has 9 nitrogen and oxygen atoms in total. The number of benzene rings is 2. The lowest BCUT2D eigenvalue weighted by atomic mass is 10.1. The molecule has 3 aromatic rings. The largest absolute Gasteiger partial charge is 0.496 e. The quantitative estimate of drug-likeness (QED) is 0.582. The maximum atomic E-state index is 13.0. The Balaban J connectivity index is 1.95. The van der Waals surface area contributed by atoms with E-state index in [1.807, 2.05) is 18.2 Å². The highest BCUT2D eigenvalue weighted by Gasteiger charge is 2.24. The van der Waals surface area contributed by atoms with Gasteiger partial charge in [-0.2, -0.15) is 15.0 Å². The van der Waals surface area contributed by atoms with Crippen LogP contribution in [0.4, 0.5) is 0 Å². The second-order valence-corrected chi connectivity index (χ2v) is 7.61. The number of nitrogens with zero attached hydrogens (tertiary/aromatic N) is 3. The predicted molar refractivity (Wildman–Crippen MR) is 101 cm³/mol. The summed E-state index contributed by atoms with van der Waals surface area (Å²) in [6, 6.07) is 12.4. The zero-order valence-electron chi connectivity index (χ0n) is 15.0. The second-order valence-electron chi connectivity index (χ2n) is 5.89. The molecule has 0 aliphatic carbocycles. The summed E-state index contributed by atoms with van der Waals surface area (Å²) in [6.07, 6.45) is 3.03. The van der Waals surface area contributed by atoms with Crippen molar-refractivity contribution in [3.05, 3.63) is 72.1 Å². The average Bonchev–Trinajstić information content (AvgIpc) is 3.20. The van der Waals surface area contributed by atoms with Crippen molar-refractivity contribution in [1.29, 1.82) is 0 Å². The highest BCUT2D eigenvalue weighted by Crippen LogP contribution is 2.24. The number of hydrogen-bond acceptors (Lipinski definition) is 6. The maximum Gasteiger partial charge on any atom is 0.252 e. The van der Waals surface area contributed by atoms with Crippen LogP contribution in [0.15, 0.2) is 65.8 Å². The van der Waals surface area contributed by atoms with E-state index < -0.39 is 22.0 Å². The molecule has 1 unspecified atom stereocenters. The number of rotatable bonds is 8. The van der Waals surface area contributed by atoms with E-state index in [2.05, 4.69) is 14.9 Å². The van der Waals surface area contributed by atoms with Crippen LogP contribution in [-0.2, 0) is 16.6 Å². The molecule has 3 rings (SSSR count). The number of carbonyl (C=O) groups is 1. The first-order valence-corrected chi connectivity index (χ1v) is 9.78. The van der Waals surface area contributed by atoms with Crippen molar-refractivity contribution in [2.75, 3.05) is 7.11 Å². The Kier molecular flexibility index (Phi) is 5.71. The van der Waals surface area contributed by atoms with Crippen LogP contribution in [0.1, 0.15) is 22.0 Å². The highest BCUT2D eigenvalue weighted by atomic mass is 32.2. The van der Waals surface area contributed by atoms with Crippen LogP contribution in [0.5, 0.6) is 5.75 Å². The van der Waals surface area contributed by atoms with Gasteiger partial charge in [0.15, 0.2) is 0 Å². The molecular formula is C18H19N5O4S. The Morgan fingerprint density at radius 1 is 1.18 bits per heavy atom. The van der Waals surface area contributed by atoms with Gasteiger partial charge in [-0.1, -0.05) is 30.3 Å². The summed E-state index contributed by atoms with van der Waals surface area (Å²) in [5.74, 6) is -0.582. The third-order valence-corrected chi connectivity index (χ3v) is 5.53. The van der Waals surface area contributed by atoms with Crippen LogP contribution >= 0.6 is 0 Å². The van der Waals surface area contributed by atoms with Crippen molar-refractivity contribution in [3.8, 4) is 5.75 Å². The van der Waals surface area contributed by atoms with Gasteiger partial charge in [-0.25, -0.2) is 13.1 Å².